The number of aryl methyl sites for hydroxylation is 1. The van der Waals surface area contributed by atoms with Crippen molar-refractivity contribution in [2.75, 3.05) is 6.26 Å². The maximum Gasteiger partial charge on any atom is 0.221 e. The average molecular weight is 230 g/mol. The van der Waals surface area contributed by atoms with Crippen molar-refractivity contribution >= 4 is 25.5 Å². The highest BCUT2D eigenvalue weighted by Crippen LogP contribution is 2.18. The average Bonchev–Trinajstić information content (AvgIpc) is 2.06. The molecule has 0 fully saturated rings. The van der Waals surface area contributed by atoms with Gasteiger partial charge in [0, 0.05) is 0 Å². The van der Waals surface area contributed by atoms with Gasteiger partial charge in [-0.3, -0.25) is 0 Å². The van der Waals surface area contributed by atoms with E-state index in [2.05, 4.69) is 9.63 Å². The van der Waals surface area contributed by atoms with Gasteiger partial charge in [-0.15, -0.1) is 5.11 Å². The molecule has 0 saturated carbocycles. The van der Waals surface area contributed by atoms with Crippen LogP contribution in [0.1, 0.15) is 5.56 Å². The number of rotatable bonds is 3. The first kappa shape index (κ1) is 11.2. The summed E-state index contributed by atoms with van der Waals surface area (Å²) in [4.78, 5) is 0. The number of hydrogen-bond donors (Lipinski definition) is 0. The van der Waals surface area contributed by atoms with Gasteiger partial charge < -0.3 is 0 Å². The van der Waals surface area contributed by atoms with Crippen molar-refractivity contribution in [1.82, 2.24) is 0 Å². The van der Waals surface area contributed by atoms with E-state index in [0.717, 1.165) is 11.8 Å². The highest BCUT2D eigenvalue weighted by Gasteiger charge is 2.00. The standard InChI is InChI=1S/C8H10N2O2S2/c1-7-3-5-8(6-4-7)9-10-13-14(2,11)12/h3-6H,1-2H3. The summed E-state index contributed by atoms with van der Waals surface area (Å²) in [6.45, 7) is 1.96. The van der Waals surface area contributed by atoms with Gasteiger partial charge in [-0.25, -0.2) is 8.42 Å². The topological polar surface area (TPSA) is 58.9 Å². The molecule has 0 spiro atoms. The first-order chi connectivity index (χ1) is 6.47. The van der Waals surface area contributed by atoms with E-state index in [1.54, 1.807) is 12.1 Å². The van der Waals surface area contributed by atoms with Crippen LogP contribution in [0.5, 0.6) is 0 Å². The molecule has 1 aromatic carbocycles. The summed E-state index contributed by atoms with van der Waals surface area (Å²) >= 11 is 0. The fourth-order valence-corrected chi connectivity index (χ4v) is 1.45. The minimum atomic E-state index is -3.15. The maximum atomic E-state index is 10.7. The Morgan fingerprint density at radius 2 is 1.79 bits per heavy atom. The first-order valence-electron chi connectivity index (χ1n) is 3.84. The van der Waals surface area contributed by atoms with Crippen LogP contribution in [0.15, 0.2) is 33.9 Å². The lowest BCUT2D eigenvalue weighted by atomic mass is 10.2. The summed E-state index contributed by atoms with van der Waals surface area (Å²) in [5.74, 6) is 0. The van der Waals surface area contributed by atoms with Crippen molar-refractivity contribution in [2.24, 2.45) is 9.63 Å². The predicted molar refractivity (Wildman–Crippen MR) is 58.1 cm³/mol. The second-order valence-corrected chi connectivity index (χ2v) is 6.78. The molecule has 1 aromatic rings. The van der Waals surface area contributed by atoms with Crippen molar-refractivity contribution in [3.8, 4) is 0 Å². The van der Waals surface area contributed by atoms with Gasteiger partial charge in [0.25, 0.3) is 0 Å². The van der Waals surface area contributed by atoms with E-state index in [1.807, 2.05) is 19.1 Å². The van der Waals surface area contributed by atoms with Crippen molar-refractivity contribution in [2.45, 2.75) is 6.92 Å². The molecule has 14 heavy (non-hydrogen) atoms. The molecule has 0 atom stereocenters. The van der Waals surface area contributed by atoms with Gasteiger partial charge in [0.2, 0.25) is 8.87 Å². The van der Waals surface area contributed by atoms with Gasteiger partial charge in [-0.1, -0.05) is 22.2 Å². The van der Waals surface area contributed by atoms with Crippen LogP contribution in [0, 0.1) is 6.92 Å². The molecule has 0 bridgehead atoms. The lowest BCUT2D eigenvalue weighted by molar-refractivity contribution is 0.615. The van der Waals surface area contributed by atoms with E-state index in [9.17, 15) is 8.42 Å². The minimum absolute atomic E-state index is 0.463. The quantitative estimate of drug-likeness (QED) is 0.455. The molecule has 76 valence electrons. The molecule has 0 aliphatic heterocycles. The largest absolute Gasteiger partial charge is 0.221 e. The van der Waals surface area contributed by atoms with Gasteiger partial charge in [0.1, 0.15) is 11.0 Å². The Labute approximate surface area is 86.9 Å². The van der Waals surface area contributed by atoms with Gasteiger partial charge >= 0.3 is 0 Å². The van der Waals surface area contributed by atoms with Crippen molar-refractivity contribution in [1.29, 1.82) is 0 Å². The maximum absolute atomic E-state index is 10.7. The van der Waals surface area contributed by atoms with E-state index in [0.29, 0.717) is 16.7 Å². The minimum Gasteiger partial charge on any atom is -0.216 e. The van der Waals surface area contributed by atoms with Gasteiger partial charge in [0.05, 0.1) is 11.9 Å². The summed E-state index contributed by atoms with van der Waals surface area (Å²) < 4.78 is 24.9. The van der Waals surface area contributed by atoms with Crippen LogP contribution in [-0.2, 0) is 8.87 Å². The smallest absolute Gasteiger partial charge is 0.216 e. The molecule has 0 aliphatic rings. The Balaban J connectivity index is 2.65. The van der Waals surface area contributed by atoms with Crippen LogP contribution < -0.4 is 0 Å². The van der Waals surface area contributed by atoms with E-state index < -0.39 is 8.87 Å². The van der Waals surface area contributed by atoms with Crippen LogP contribution in [-0.4, -0.2) is 14.7 Å². The van der Waals surface area contributed by atoms with Crippen LogP contribution in [0.2, 0.25) is 0 Å². The van der Waals surface area contributed by atoms with Crippen LogP contribution in [0.3, 0.4) is 0 Å². The van der Waals surface area contributed by atoms with Gasteiger partial charge in [-0.05, 0) is 19.1 Å². The third kappa shape index (κ3) is 4.38. The van der Waals surface area contributed by atoms with Crippen LogP contribution in [0.25, 0.3) is 0 Å². The van der Waals surface area contributed by atoms with Crippen molar-refractivity contribution in [3.63, 3.8) is 0 Å². The molecule has 0 saturated heterocycles. The second-order valence-electron chi connectivity index (χ2n) is 2.80. The lowest BCUT2D eigenvalue weighted by Gasteiger charge is -1.92. The number of hydrogen-bond acceptors (Lipinski definition) is 5. The summed E-state index contributed by atoms with van der Waals surface area (Å²) in [7, 11) is -2.68. The highest BCUT2D eigenvalue weighted by molar-refractivity contribution is 8.71. The molecule has 1 rings (SSSR count). The molecule has 0 aliphatic carbocycles. The van der Waals surface area contributed by atoms with E-state index in [4.69, 9.17) is 0 Å². The van der Waals surface area contributed by atoms with Crippen molar-refractivity contribution in [3.05, 3.63) is 29.8 Å². The van der Waals surface area contributed by atoms with Crippen LogP contribution in [0.4, 0.5) is 5.69 Å². The van der Waals surface area contributed by atoms with Crippen molar-refractivity contribution < 1.29 is 8.42 Å². The van der Waals surface area contributed by atoms with Gasteiger partial charge in [0.15, 0.2) is 0 Å². The highest BCUT2D eigenvalue weighted by atomic mass is 33.1. The van der Waals surface area contributed by atoms with E-state index in [1.165, 1.54) is 0 Å². The Morgan fingerprint density at radius 3 is 2.29 bits per heavy atom. The molecule has 0 radical (unpaired) electrons. The molecule has 0 heterocycles. The molecule has 4 nitrogen and oxygen atoms in total. The summed E-state index contributed by atoms with van der Waals surface area (Å²) in [5, 5.41) is 3.74. The zero-order valence-electron chi connectivity index (χ0n) is 7.84. The zero-order chi connectivity index (χ0) is 10.6. The fraction of sp³-hybridized carbons (Fsp3) is 0.250. The SMILES string of the molecule is Cc1ccc(N=NSS(C)(=O)=O)cc1. The summed E-state index contributed by atoms with van der Waals surface area (Å²) in [6.07, 6.45) is 1.09. The number of nitrogens with zero attached hydrogens (tertiary/aromatic N) is 2. The van der Waals surface area contributed by atoms with Gasteiger partial charge in [-0.2, -0.15) is 0 Å². The molecule has 0 unspecified atom stereocenters. The zero-order valence-corrected chi connectivity index (χ0v) is 9.47. The third-order valence-corrected chi connectivity index (χ3v) is 2.79. The fourth-order valence-electron chi connectivity index (χ4n) is 0.736. The summed E-state index contributed by atoms with van der Waals surface area (Å²) in [6, 6.07) is 7.34. The molecule has 0 aromatic heterocycles. The monoisotopic (exact) mass is 230 g/mol. The molecular weight excluding hydrogens is 220 g/mol. The Hall–Kier alpha value is -0.880. The molecular formula is C8H10N2O2S2. The second kappa shape index (κ2) is 4.56. The molecule has 0 N–H and O–H groups in total. The van der Waals surface area contributed by atoms with E-state index in [-0.39, 0.29) is 0 Å². The third-order valence-electron chi connectivity index (χ3n) is 1.36. The normalized spacial score (nSPS) is 12.1. The predicted octanol–water partition coefficient (Wildman–Crippen LogP) is 2.69. The molecule has 6 heteroatoms. The summed E-state index contributed by atoms with van der Waals surface area (Å²) in [5.41, 5.74) is 1.77. The van der Waals surface area contributed by atoms with E-state index >= 15 is 0 Å². The Bertz CT molecular complexity index is 423. The van der Waals surface area contributed by atoms with Crippen LogP contribution >= 0.6 is 11.0 Å². The molecule has 0 amide bonds. The Kier molecular flexibility index (Phi) is 3.65. The lowest BCUT2D eigenvalue weighted by Crippen LogP contribution is -1.83. The number of benzene rings is 1. The Morgan fingerprint density at radius 1 is 1.21 bits per heavy atom. The first-order valence-corrected chi connectivity index (χ1v) is 7.02.